The zero-order valence-electron chi connectivity index (χ0n) is 14.2. The molecule has 3 aromatic heterocycles. The molecule has 0 spiro atoms. The van der Waals surface area contributed by atoms with Crippen molar-refractivity contribution < 1.29 is 9.21 Å². The molecule has 25 heavy (non-hydrogen) atoms. The van der Waals surface area contributed by atoms with Crippen molar-refractivity contribution in [1.82, 2.24) is 25.0 Å². The number of anilines is 1. The minimum absolute atomic E-state index is 0.228. The number of rotatable bonds is 6. The van der Waals surface area contributed by atoms with Gasteiger partial charge in [0.25, 0.3) is 5.91 Å². The molecular formula is C17H20N6O2. The maximum absolute atomic E-state index is 12.7. The second-order valence-corrected chi connectivity index (χ2v) is 6.39. The van der Waals surface area contributed by atoms with Gasteiger partial charge in [0.15, 0.2) is 5.82 Å². The Morgan fingerprint density at radius 3 is 3.04 bits per heavy atom. The number of hydrogen-bond donors (Lipinski definition) is 2. The lowest BCUT2D eigenvalue weighted by atomic mass is 10.1. The number of carbonyl (C=O) groups is 1. The molecule has 1 atom stereocenters. The Bertz CT molecular complexity index is 875. The molecule has 1 aliphatic rings. The van der Waals surface area contributed by atoms with E-state index in [1.54, 1.807) is 24.8 Å². The summed E-state index contributed by atoms with van der Waals surface area (Å²) in [6.45, 7) is 4.24. The van der Waals surface area contributed by atoms with Crippen LogP contribution in [0.25, 0.3) is 11.4 Å². The summed E-state index contributed by atoms with van der Waals surface area (Å²) in [6, 6.07) is 2.04. The standard InChI is InChI=1S/C17H20N6O2/c1-3-10(2)23-14(11-4-5-11)13(8-18-23)16(24)20-17-19-15(21-22-17)12-6-7-25-9-12/h6-11H,3-5H2,1-2H3,(H2,19,20,21,22,24)/t10-/m1/s1. The number of nitrogens with zero attached hydrogens (tertiary/aromatic N) is 4. The zero-order valence-corrected chi connectivity index (χ0v) is 14.2. The number of nitrogens with one attached hydrogen (secondary N) is 2. The smallest absolute Gasteiger partial charge is 0.261 e. The summed E-state index contributed by atoms with van der Waals surface area (Å²) in [5, 5.41) is 14.0. The van der Waals surface area contributed by atoms with Crippen molar-refractivity contribution in [2.45, 2.75) is 45.1 Å². The fourth-order valence-corrected chi connectivity index (χ4v) is 2.85. The quantitative estimate of drug-likeness (QED) is 0.716. The van der Waals surface area contributed by atoms with Crippen LogP contribution < -0.4 is 5.32 Å². The summed E-state index contributed by atoms with van der Waals surface area (Å²) < 4.78 is 7.01. The van der Waals surface area contributed by atoms with Crippen LogP contribution in [-0.4, -0.2) is 30.9 Å². The van der Waals surface area contributed by atoms with Crippen molar-refractivity contribution in [3.05, 3.63) is 36.0 Å². The van der Waals surface area contributed by atoms with E-state index in [0.29, 0.717) is 17.3 Å². The maximum Gasteiger partial charge on any atom is 0.261 e. The van der Waals surface area contributed by atoms with Crippen LogP contribution in [0.5, 0.6) is 0 Å². The second-order valence-electron chi connectivity index (χ2n) is 6.39. The monoisotopic (exact) mass is 340 g/mol. The molecule has 1 amide bonds. The van der Waals surface area contributed by atoms with E-state index in [1.807, 2.05) is 4.68 Å². The highest BCUT2D eigenvalue weighted by Gasteiger charge is 2.33. The summed E-state index contributed by atoms with van der Waals surface area (Å²) in [6.07, 6.45) is 7.95. The summed E-state index contributed by atoms with van der Waals surface area (Å²) in [5.74, 6) is 0.973. The van der Waals surface area contributed by atoms with Crippen LogP contribution in [0.4, 0.5) is 5.95 Å². The van der Waals surface area contributed by atoms with Gasteiger partial charge in [0.05, 0.1) is 29.3 Å². The first-order chi connectivity index (χ1) is 12.2. The topological polar surface area (TPSA) is 102 Å². The first-order valence-electron chi connectivity index (χ1n) is 8.51. The highest BCUT2D eigenvalue weighted by molar-refractivity contribution is 6.04. The highest BCUT2D eigenvalue weighted by Crippen LogP contribution is 2.42. The predicted octanol–water partition coefficient (Wildman–Crippen LogP) is 3.36. The molecule has 1 saturated carbocycles. The van der Waals surface area contributed by atoms with Crippen molar-refractivity contribution in [3.63, 3.8) is 0 Å². The molecule has 1 aliphatic carbocycles. The molecule has 1 fully saturated rings. The number of aromatic amines is 1. The van der Waals surface area contributed by atoms with Gasteiger partial charge in [0.1, 0.15) is 6.26 Å². The van der Waals surface area contributed by atoms with Gasteiger partial charge in [-0.25, -0.2) is 0 Å². The molecule has 130 valence electrons. The van der Waals surface area contributed by atoms with Gasteiger partial charge in [-0.3, -0.25) is 19.9 Å². The average Bonchev–Trinajstić information content (AvgIpc) is 3.06. The van der Waals surface area contributed by atoms with Crippen molar-refractivity contribution in [1.29, 1.82) is 0 Å². The van der Waals surface area contributed by atoms with Gasteiger partial charge in [0.2, 0.25) is 5.95 Å². The first kappa shape index (κ1) is 15.6. The Labute approximate surface area is 144 Å². The summed E-state index contributed by atoms with van der Waals surface area (Å²) in [5.41, 5.74) is 2.41. The van der Waals surface area contributed by atoms with E-state index in [9.17, 15) is 4.79 Å². The number of amides is 1. The van der Waals surface area contributed by atoms with Crippen LogP contribution >= 0.6 is 0 Å². The molecule has 0 radical (unpaired) electrons. The lowest BCUT2D eigenvalue weighted by molar-refractivity contribution is 0.102. The summed E-state index contributed by atoms with van der Waals surface area (Å²) >= 11 is 0. The van der Waals surface area contributed by atoms with Crippen LogP contribution in [0.1, 0.15) is 61.1 Å². The minimum Gasteiger partial charge on any atom is -0.472 e. The molecule has 0 aliphatic heterocycles. The molecule has 0 unspecified atom stereocenters. The number of hydrogen-bond acceptors (Lipinski definition) is 5. The third-order valence-electron chi connectivity index (χ3n) is 4.56. The minimum atomic E-state index is -0.228. The van der Waals surface area contributed by atoms with Crippen LogP contribution in [0.3, 0.4) is 0 Å². The van der Waals surface area contributed by atoms with Crippen LogP contribution in [0.2, 0.25) is 0 Å². The van der Waals surface area contributed by atoms with Gasteiger partial charge in [-0.2, -0.15) is 10.1 Å². The van der Waals surface area contributed by atoms with Crippen LogP contribution in [0.15, 0.2) is 29.2 Å². The van der Waals surface area contributed by atoms with E-state index in [4.69, 9.17) is 4.42 Å². The lowest BCUT2D eigenvalue weighted by Gasteiger charge is -2.14. The molecule has 8 heteroatoms. The Hall–Kier alpha value is -2.90. The first-order valence-corrected chi connectivity index (χ1v) is 8.51. The Morgan fingerprint density at radius 2 is 2.36 bits per heavy atom. The van der Waals surface area contributed by atoms with Gasteiger partial charge in [0, 0.05) is 12.0 Å². The molecule has 3 aromatic rings. The van der Waals surface area contributed by atoms with Crippen molar-refractivity contribution in [2.75, 3.05) is 5.32 Å². The molecule has 4 rings (SSSR count). The number of aromatic nitrogens is 5. The molecule has 0 aromatic carbocycles. The van der Waals surface area contributed by atoms with E-state index < -0.39 is 0 Å². The highest BCUT2D eigenvalue weighted by atomic mass is 16.3. The molecule has 3 heterocycles. The molecule has 0 saturated heterocycles. The van der Waals surface area contributed by atoms with E-state index in [2.05, 4.69) is 39.4 Å². The van der Waals surface area contributed by atoms with Gasteiger partial charge in [-0.1, -0.05) is 6.92 Å². The third kappa shape index (κ3) is 2.95. The Morgan fingerprint density at radius 1 is 1.52 bits per heavy atom. The van der Waals surface area contributed by atoms with Gasteiger partial charge < -0.3 is 4.42 Å². The van der Waals surface area contributed by atoms with Crippen LogP contribution in [-0.2, 0) is 0 Å². The van der Waals surface area contributed by atoms with Gasteiger partial charge in [-0.05, 0) is 32.3 Å². The second kappa shape index (κ2) is 6.19. The van der Waals surface area contributed by atoms with Crippen molar-refractivity contribution in [3.8, 4) is 11.4 Å². The SMILES string of the molecule is CC[C@@H](C)n1ncc(C(=O)Nc2n[nH]c(-c3ccoc3)n2)c1C1CC1. The molecular weight excluding hydrogens is 320 g/mol. The molecule has 0 bridgehead atoms. The Balaban J connectivity index is 1.56. The third-order valence-corrected chi connectivity index (χ3v) is 4.56. The Kier molecular flexibility index (Phi) is 3.87. The fraction of sp³-hybridized carbons (Fsp3) is 0.412. The van der Waals surface area contributed by atoms with E-state index in [-0.39, 0.29) is 17.9 Å². The maximum atomic E-state index is 12.7. The number of carbonyl (C=O) groups excluding carboxylic acids is 1. The van der Waals surface area contributed by atoms with Crippen molar-refractivity contribution >= 4 is 11.9 Å². The average molecular weight is 340 g/mol. The van der Waals surface area contributed by atoms with E-state index in [0.717, 1.165) is 30.5 Å². The van der Waals surface area contributed by atoms with E-state index >= 15 is 0 Å². The number of H-pyrrole nitrogens is 1. The van der Waals surface area contributed by atoms with E-state index in [1.165, 1.54) is 0 Å². The predicted molar refractivity (Wildman–Crippen MR) is 91.2 cm³/mol. The lowest BCUT2D eigenvalue weighted by Crippen LogP contribution is -2.16. The van der Waals surface area contributed by atoms with Crippen molar-refractivity contribution in [2.24, 2.45) is 0 Å². The summed E-state index contributed by atoms with van der Waals surface area (Å²) in [4.78, 5) is 17.0. The normalized spacial score (nSPS) is 15.3. The molecule has 2 N–H and O–H groups in total. The van der Waals surface area contributed by atoms with Crippen LogP contribution in [0, 0.1) is 0 Å². The molecule has 8 nitrogen and oxygen atoms in total. The summed E-state index contributed by atoms with van der Waals surface area (Å²) in [7, 11) is 0. The zero-order chi connectivity index (χ0) is 17.4. The largest absolute Gasteiger partial charge is 0.472 e. The van der Waals surface area contributed by atoms with Gasteiger partial charge in [-0.15, -0.1) is 5.10 Å². The fourth-order valence-electron chi connectivity index (χ4n) is 2.85. The number of furan rings is 1. The van der Waals surface area contributed by atoms with Gasteiger partial charge >= 0.3 is 0 Å².